The number of hydrogen-bond acceptors (Lipinski definition) is 1. The quantitative estimate of drug-likeness (QED) is 0.173. The molecule has 0 radical (unpaired) electrons. The molecule has 2 aliphatic carbocycles. The maximum atomic E-state index is 4.72. The summed E-state index contributed by atoms with van der Waals surface area (Å²) in [5.74, 6) is 0. The van der Waals surface area contributed by atoms with Crippen molar-refractivity contribution in [1.82, 2.24) is 4.57 Å². The Balaban J connectivity index is 1.26. The monoisotopic (exact) mass is 720 g/mol. The molecule has 0 fully saturated rings. The van der Waals surface area contributed by atoms with Crippen molar-refractivity contribution in [3.63, 3.8) is 0 Å². The normalized spacial score (nSPS) is 17.4. The molecule has 0 spiro atoms. The van der Waals surface area contributed by atoms with Crippen LogP contribution in [0.15, 0.2) is 170 Å². The zero-order valence-corrected chi connectivity index (χ0v) is 32.5. The molecule has 11 rings (SSSR count). The maximum absolute atomic E-state index is 4.72. The smallest absolute Gasteiger partial charge is 0.0541 e. The Morgan fingerprint density at radius 1 is 0.554 bits per heavy atom. The van der Waals surface area contributed by atoms with Crippen LogP contribution in [0.3, 0.4) is 0 Å². The molecule has 56 heavy (non-hydrogen) atoms. The van der Waals surface area contributed by atoms with Crippen molar-refractivity contribution in [2.75, 3.05) is 4.90 Å². The number of rotatable bonds is 2. The summed E-state index contributed by atoms with van der Waals surface area (Å²) in [7, 11) is 0. The Morgan fingerprint density at radius 2 is 1.21 bits per heavy atom. The summed E-state index contributed by atoms with van der Waals surface area (Å²) >= 11 is 0. The van der Waals surface area contributed by atoms with Gasteiger partial charge in [0.25, 0.3) is 0 Å². The van der Waals surface area contributed by atoms with E-state index in [1.54, 1.807) is 0 Å². The lowest BCUT2D eigenvalue weighted by Gasteiger charge is -2.36. The predicted molar refractivity (Wildman–Crippen MR) is 238 cm³/mol. The fourth-order valence-electron chi connectivity index (χ4n) is 10.5. The first-order chi connectivity index (χ1) is 27.2. The van der Waals surface area contributed by atoms with Gasteiger partial charge in [0.15, 0.2) is 0 Å². The van der Waals surface area contributed by atoms with Crippen LogP contribution in [0, 0.1) is 0 Å². The third-order valence-electron chi connectivity index (χ3n) is 13.1. The van der Waals surface area contributed by atoms with Crippen molar-refractivity contribution in [1.29, 1.82) is 0 Å². The van der Waals surface area contributed by atoms with E-state index in [2.05, 4.69) is 195 Å². The Morgan fingerprint density at radius 3 is 1.98 bits per heavy atom. The van der Waals surface area contributed by atoms with Crippen molar-refractivity contribution < 1.29 is 0 Å². The third-order valence-corrected chi connectivity index (χ3v) is 13.1. The number of nitrogens with zero attached hydrogens (tertiary/aromatic N) is 2. The average Bonchev–Trinajstić information content (AvgIpc) is 3.66. The zero-order valence-electron chi connectivity index (χ0n) is 32.5. The fourth-order valence-corrected chi connectivity index (χ4v) is 10.5. The van der Waals surface area contributed by atoms with Crippen LogP contribution in [0.25, 0.3) is 60.5 Å². The van der Waals surface area contributed by atoms with E-state index in [0.29, 0.717) is 0 Å². The summed E-state index contributed by atoms with van der Waals surface area (Å²) in [6, 6.07) is 50.4. The van der Waals surface area contributed by atoms with Gasteiger partial charge in [-0.05, 0) is 122 Å². The molecule has 2 heterocycles. The second kappa shape index (κ2) is 11.8. The summed E-state index contributed by atoms with van der Waals surface area (Å²) in [4.78, 5) is 2.40. The molecule has 8 aromatic rings. The van der Waals surface area contributed by atoms with Gasteiger partial charge >= 0.3 is 0 Å². The van der Waals surface area contributed by atoms with Crippen LogP contribution in [-0.2, 0) is 17.3 Å². The van der Waals surface area contributed by atoms with E-state index in [1.165, 1.54) is 94.0 Å². The number of fused-ring (bicyclic) bond motifs is 9. The molecule has 270 valence electrons. The summed E-state index contributed by atoms with van der Waals surface area (Å²) < 4.78 is 2.54. The van der Waals surface area contributed by atoms with Crippen molar-refractivity contribution in [3.05, 3.63) is 198 Å². The second-order valence-electron chi connectivity index (χ2n) is 16.9. The van der Waals surface area contributed by atoms with Crippen molar-refractivity contribution in [3.8, 4) is 27.9 Å². The molecule has 0 unspecified atom stereocenters. The van der Waals surface area contributed by atoms with Crippen molar-refractivity contribution in [2.24, 2.45) is 0 Å². The van der Waals surface area contributed by atoms with Gasteiger partial charge in [-0.25, -0.2) is 0 Å². The standard InChI is InChI=1S/C54H44N2/c1-34-18-8-6-7-9-19-35-20-10-13-27-47(35)55(34)37-30-43-42-33-45-41(40-25-16-21-36-22-17-26-44(51(36)40)53(45,2)3)32-46(42)54(4,5)52(43)50(31-37)56-48-28-14-11-23-38(48)39-24-12-15-29-49(39)56/h6-8,10-18,20-33H,1,9,19H2,2-5H3/b7-6-,18-8-. The lowest BCUT2D eigenvalue weighted by Crippen LogP contribution is -2.24. The molecule has 1 aliphatic heterocycles. The lowest BCUT2D eigenvalue weighted by atomic mass is 9.67. The summed E-state index contributed by atoms with van der Waals surface area (Å²) in [6.07, 6.45) is 10.6. The number of aryl methyl sites for hydroxylation is 1. The van der Waals surface area contributed by atoms with Crippen LogP contribution < -0.4 is 4.90 Å². The molecular formula is C54H44N2. The van der Waals surface area contributed by atoms with E-state index in [0.717, 1.165) is 24.2 Å². The van der Waals surface area contributed by atoms with Crippen LogP contribution in [-0.4, -0.2) is 4.57 Å². The van der Waals surface area contributed by atoms with Gasteiger partial charge in [-0.3, -0.25) is 0 Å². The van der Waals surface area contributed by atoms with Crippen molar-refractivity contribution >= 4 is 44.0 Å². The van der Waals surface area contributed by atoms with Gasteiger partial charge in [-0.15, -0.1) is 0 Å². The molecule has 0 atom stereocenters. The summed E-state index contributed by atoms with van der Waals surface area (Å²) in [5.41, 5.74) is 18.6. The molecule has 0 saturated carbocycles. The van der Waals surface area contributed by atoms with E-state index in [9.17, 15) is 0 Å². The van der Waals surface area contributed by atoms with Crippen LogP contribution in [0.2, 0.25) is 0 Å². The van der Waals surface area contributed by atoms with E-state index < -0.39 is 0 Å². The van der Waals surface area contributed by atoms with Crippen LogP contribution >= 0.6 is 0 Å². The van der Waals surface area contributed by atoms with Gasteiger partial charge < -0.3 is 9.47 Å². The molecule has 2 heteroatoms. The first-order valence-electron chi connectivity index (χ1n) is 20.0. The highest BCUT2D eigenvalue weighted by Gasteiger charge is 2.43. The number of hydrogen-bond donors (Lipinski definition) is 0. The molecule has 0 bridgehead atoms. The first-order valence-corrected chi connectivity index (χ1v) is 20.0. The van der Waals surface area contributed by atoms with E-state index in [-0.39, 0.29) is 10.8 Å². The van der Waals surface area contributed by atoms with E-state index in [1.807, 2.05) is 0 Å². The molecule has 0 N–H and O–H groups in total. The summed E-state index contributed by atoms with van der Waals surface area (Å²) in [6.45, 7) is 14.4. The minimum atomic E-state index is -0.291. The minimum Gasteiger partial charge on any atom is -0.311 e. The Hall–Kier alpha value is -6.38. The molecular weight excluding hydrogens is 677 g/mol. The topological polar surface area (TPSA) is 8.17 Å². The number of anilines is 2. The number of allylic oxidation sites excluding steroid dienone is 4. The molecule has 0 amide bonds. The number of benzene rings is 7. The highest BCUT2D eigenvalue weighted by molar-refractivity contribution is 6.10. The van der Waals surface area contributed by atoms with Gasteiger partial charge in [0.2, 0.25) is 0 Å². The number of para-hydroxylation sites is 3. The minimum absolute atomic E-state index is 0.177. The average molecular weight is 721 g/mol. The van der Waals surface area contributed by atoms with Crippen LogP contribution in [0.4, 0.5) is 11.4 Å². The van der Waals surface area contributed by atoms with Gasteiger partial charge in [-0.1, -0.05) is 143 Å². The van der Waals surface area contributed by atoms with Crippen LogP contribution in [0.5, 0.6) is 0 Å². The van der Waals surface area contributed by atoms with E-state index in [4.69, 9.17) is 6.58 Å². The van der Waals surface area contributed by atoms with Gasteiger partial charge in [0.05, 0.1) is 16.7 Å². The lowest BCUT2D eigenvalue weighted by molar-refractivity contribution is 0.638. The molecule has 2 nitrogen and oxygen atoms in total. The van der Waals surface area contributed by atoms with E-state index >= 15 is 0 Å². The Bertz CT molecular complexity index is 2990. The number of aromatic nitrogens is 1. The largest absolute Gasteiger partial charge is 0.311 e. The second-order valence-corrected chi connectivity index (χ2v) is 16.9. The predicted octanol–water partition coefficient (Wildman–Crippen LogP) is 14.3. The fraction of sp³-hybridized carbons (Fsp3) is 0.148. The molecule has 7 aromatic carbocycles. The Kier molecular flexibility index (Phi) is 6.96. The van der Waals surface area contributed by atoms with Crippen molar-refractivity contribution in [2.45, 2.75) is 51.4 Å². The van der Waals surface area contributed by atoms with Gasteiger partial charge in [-0.2, -0.15) is 0 Å². The summed E-state index contributed by atoms with van der Waals surface area (Å²) in [5, 5.41) is 5.23. The molecule has 1 aromatic heterocycles. The third kappa shape index (κ3) is 4.50. The Labute approximate surface area is 329 Å². The highest BCUT2D eigenvalue weighted by atomic mass is 15.2. The molecule has 0 saturated heterocycles. The maximum Gasteiger partial charge on any atom is 0.0541 e. The first kappa shape index (κ1) is 33.0. The zero-order chi connectivity index (χ0) is 37.9. The molecule has 3 aliphatic rings. The highest BCUT2D eigenvalue weighted by Crippen LogP contribution is 2.58. The van der Waals surface area contributed by atoms with Gasteiger partial charge in [0.1, 0.15) is 0 Å². The SMILES string of the molecule is C=C1/C=C\C=C/CCc2ccccc2N1c1cc2c(c(-n3c4ccccc4c4ccccc43)c1)C(C)(C)c1cc3c(cc1-2)C(C)(C)c1cccc2cccc-3c12. The van der Waals surface area contributed by atoms with Crippen LogP contribution in [0.1, 0.15) is 61.9 Å². The van der Waals surface area contributed by atoms with Gasteiger partial charge in [0, 0.05) is 38.7 Å².